The second-order valence-corrected chi connectivity index (χ2v) is 5.20. The highest BCUT2D eigenvalue weighted by Gasteiger charge is 2.05. The Bertz CT molecular complexity index is 867. The third-order valence-electron chi connectivity index (χ3n) is 3.89. The second kappa shape index (κ2) is 4.67. The third kappa shape index (κ3) is 2.05. The van der Waals surface area contributed by atoms with E-state index in [-0.39, 0.29) is 0 Å². The van der Waals surface area contributed by atoms with E-state index >= 15 is 0 Å². The van der Waals surface area contributed by atoms with Crippen LogP contribution in [0.3, 0.4) is 0 Å². The van der Waals surface area contributed by atoms with Gasteiger partial charge in [0.05, 0.1) is 7.11 Å². The van der Waals surface area contributed by atoms with Crippen molar-refractivity contribution in [3.05, 3.63) is 66.7 Å². The summed E-state index contributed by atoms with van der Waals surface area (Å²) in [6.07, 6.45) is 0. The van der Waals surface area contributed by atoms with Crippen LogP contribution in [0, 0.1) is 0 Å². The van der Waals surface area contributed by atoms with Gasteiger partial charge in [-0.05, 0) is 58.8 Å². The summed E-state index contributed by atoms with van der Waals surface area (Å²) < 4.78 is 5.21. The summed E-state index contributed by atoms with van der Waals surface area (Å²) >= 11 is 0. The molecular formula is C19H15NO. The lowest BCUT2D eigenvalue weighted by molar-refractivity contribution is 0.415. The monoisotopic (exact) mass is 273 g/mol. The van der Waals surface area contributed by atoms with Gasteiger partial charge < -0.3 is 9.72 Å². The van der Waals surface area contributed by atoms with Crippen molar-refractivity contribution in [1.82, 2.24) is 4.98 Å². The van der Waals surface area contributed by atoms with Crippen molar-refractivity contribution >= 4 is 21.7 Å². The number of fused-ring (bicyclic) bond motifs is 2. The van der Waals surface area contributed by atoms with E-state index in [4.69, 9.17) is 4.74 Å². The minimum atomic E-state index is 0.876. The highest BCUT2D eigenvalue weighted by atomic mass is 16.5. The summed E-state index contributed by atoms with van der Waals surface area (Å²) in [5.74, 6) is 0.876. The third-order valence-corrected chi connectivity index (χ3v) is 3.89. The van der Waals surface area contributed by atoms with Gasteiger partial charge in [-0.1, -0.05) is 24.3 Å². The maximum atomic E-state index is 5.21. The molecule has 2 heteroatoms. The fraction of sp³-hybridized carbons (Fsp3) is 0.0526. The van der Waals surface area contributed by atoms with Crippen LogP contribution < -0.4 is 4.74 Å². The quantitative estimate of drug-likeness (QED) is 0.546. The number of aromatic amines is 1. The molecule has 0 aliphatic heterocycles. The van der Waals surface area contributed by atoms with E-state index in [1.807, 2.05) is 12.1 Å². The van der Waals surface area contributed by atoms with Crippen LogP contribution in [0.15, 0.2) is 66.7 Å². The van der Waals surface area contributed by atoms with Gasteiger partial charge in [-0.3, -0.25) is 0 Å². The maximum absolute atomic E-state index is 5.21. The minimum absolute atomic E-state index is 0.876. The van der Waals surface area contributed by atoms with Crippen LogP contribution in [0.4, 0.5) is 0 Å². The maximum Gasteiger partial charge on any atom is 0.118 e. The molecule has 3 aromatic carbocycles. The Hall–Kier alpha value is -2.74. The molecule has 21 heavy (non-hydrogen) atoms. The van der Waals surface area contributed by atoms with Gasteiger partial charge >= 0.3 is 0 Å². The Morgan fingerprint density at radius 2 is 1.48 bits per heavy atom. The van der Waals surface area contributed by atoms with Crippen LogP contribution in [0.2, 0.25) is 0 Å². The van der Waals surface area contributed by atoms with E-state index in [1.165, 1.54) is 21.7 Å². The molecule has 0 saturated heterocycles. The van der Waals surface area contributed by atoms with E-state index in [0.717, 1.165) is 17.0 Å². The number of H-pyrrole nitrogens is 1. The summed E-state index contributed by atoms with van der Waals surface area (Å²) in [7, 11) is 1.68. The predicted octanol–water partition coefficient (Wildman–Crippen LogP) is 5.00. The first-order valence-electron chi connectivity index (χ1n) is 6.99. The summed E-state index contributed by atoms with van der Waals surface area (Å²) in [5, 5.41) is 3.76. The van der Waals surface area contributed by atoms with Crippen LogP contribution in [-0.2, 0) is 0 Å². The normalized spacial score (nSPS) is 11.1. The summed E-state index contributed by atoms with van der Waals surface area (Å²) in [4.78, 5) is 3.50. The first-order chi connectivity index (χ1) is 10.3. The van der Waals surface area contributed by atoms with E-state index in [0.29, 0.717) is 0 Å². The smallest absolute Gasteiger partial charge is 0.118 e. The fourth-order valence-corrected chi connectivity index (χ4v) is 2.75. The molecule has 1 aromatic heterocycles. The van der Waals surface area contributed by atoms with Crippen molar-refractivity contribution in [2.45, 2.75) is 0 Å². The first kappa shape index (κ1) is 12.0. The molecule has 0 spiro atoms. The first-order valence-corrected chi connectivity index (χ1v) is 6.99. The van der Waals surface area contributed by atoms with E-state index < -0.39 is 0 Å². The van der Waals surface area contributed by atoms with Crippen LogP contribution in [0.1, 0.15) is 0 Å². The lowest BCUT2D eigenvalue weighted by Gasteiger charge is -2.01. The minimum Gasteiger partial charge on any atom is -0.497 e. The topological polar surface area (TPSA) is 25.0 Å². The highest BCUT2D eigenvalue weighted by Crippen LogP contribution is 2.28. The molecular weight excluding hydrogens is 258 g/mol. The van der Waals surface area contributed by atoms with Gasteiger partial charge in [0.15, 0.2) is 0 Å². The van der Waals surface area contributed by atoms with Crippen molar-refractivity contribution in [3.63, 3.8) is 0 Å². The lowest BCUT2D eigenvalue weighted by Crippen LogP contribution is -1.82. The highest BCUT2D eigenvalue weighted by molar-refractivity contribution is 5.98. The Labute approximate surface area is 123 Å². The standard InChI is InChI=1S/C19H15NO/c1-21-17-8-6-13(7-9-17)18-12-16-10-14-4-2-3-5-15(14)11-19(16)20-18/h2-12,20H,1H3. The van der Waals surface area contributed by atoms with Gasteiger partial charge in [-0.2, -0.15) is 0 Å². The molecule has 2 nitrogen and oxygen atoms in total. The van der Waals surface area contributed by atoms with Gasteiger partial charge in [0.2, 0.25) is 0 Å². The summed E-state index contributed by atoms with van der Waals surface area (Å²) in [5.41, 5.74) is 3.46. The molecule has 0 radical (unpaired) electrons. The van der Waals surface area contributed by atoms with Crippen molar-refractivity contribution in [1.29, 1.82) is 0 Å². The molecule has 0 saturated carbocycles. The molecule has 1 heterocycles. The lowest BCUT2D eigenvalue weighted by atomic mass is 10.1. The number of rotatable bonds is 2. The molecule has 0 fully saturated rings. The van der Waals surface area contributed by atoms with Gasteiger partial charge in [0.1, 0.15) is 5.75 Å². The SMILES string of the molecule is COc1ccc(-c2cc3cc4ccccc4cc3[nH]2)cc1. The zero-order valence-electron chi connectivity index (χ0n) is 11.8. The zero-order chi connectivity index (χ0) is 14.2. The van der Waals surface area contributed by atoms with Crippen LogP contribution in [0.25, 0.3) is 32.9 Å². The van der Waals surface area contributed by atoms with Gasteiger partial charge in [0, 0.05) is 16.6 Å². The predicted molar refractivity (Wildman–Crippen MR) is 87.8 cm³/mol. The molecule has 0 aliphatic rings. The molecule has 4 aromatic rings. The number of hydrogen-bond donors (Lipinski definition) is 1. The molecule has 0 atom stereocenters. The zero-order valence-corrected chi connectivity index (χ0v) is 11.8. The Balaban J connectivity index is 1.87. The summed E-state index contributed by atoms with van der Waals surface area (Å²) in [6.45, 7) is 0. The molecule has 0 amide bonds. The molecule has 102 valence electrons. The van der Waals surface area contributed by atoms with Crippen LogP contribution in [0.5, 0.6) is 5.75 Å². The summed E-state index contributed by atoms with van der Waals surface area (Å²) in [6, 6.07) is 23.2. The number of hydrogen-bond acceptors (Lipinski definition) is 1. The molecule has 0 bridgehead atoms. The second-order valence-electron chi connectivity index (χ2n) is 5.20. The number of methoxy groups -OCH3 is 1. The molecule has 0 unspecified atom stereocenters. The Morgan fingerprint density at radius 1 is 0.762 bits per heavy atom. The number of nitrogens with one attached hydrogen (secondary N) is 1. The van der Waals surface area contributed by atoms with Gasteiger partial charge in [-0.25, -0.2) is 0 Å². The number of aromatic nitrogens is 1. The van der Waals surface area contributed by atoms with E-state index in [1.54, 1.807) is 7.11 Å². The van der Waals surface area contributed by atoms with Crippen molar-refractivity contribution < 1.29 is 4.74 Å². The van der Waals surface area contributed by atoms with Crippen molar-refractivity contribution in [3.8, 4) is 17.0 Å². The van der Waals surface area contributed by atoms with Crippen molar-refractivity contribution in [2.75, 3.05) is 7.11 Å². The number of benzene rings is 3. The fourth-order valence-electron chi connectivity index (χ4n) is 2.75. The largest absolute Gasteiger partial charge is 0.497 e. The Kier molecular flexibility index (Phi) is 2.68. The average molecular weight is 273 g/mol. The van der Waals surface area contributed by atoms with Crippen molar-refractivity contribution in [2.24, 2.45) is 0 Å². The average Bonchev–Trinajstić information content (AvgIpc) is 2.95. The molecule has 4 rings (SSSR count). The molecule has 1 N–H and O–H groups in total. The van der Waals surface area contributed by atoms with E-state index in [9.17, 15) is 0 Å². The van der Waals surface area contributed by atoms with E-state index in [2.05, 4.69) is 59.6 Å². The van der Waals surface area contributed by atoms with Gasteiger partial charge in [-0.15, -0.1) is 0 Å². The number of ether oxygens (including phenoxy) is 1. The van der Waals surface area contributed by atoms with Crippen LogP contribution >= 0.6 is 0 Å². The Morgan fingerprint density at radius 3 is 2.19 bits per heavy atom. The van der Waals surface area contributed by atoms with Gasteiger partial charge in [0.25, 0.3) is 0 Å². The van der Waals surface area contributed by atoms with Crippen LogP contribution in [-0.4, -0.2) is 12.1 Å². The molecule has 0 aliphatic carbocycles.